The number of hydrogen-bond acceptors (Lipinski definition) is 3. The molecule has 0 aromatic carbocycles. The van der Waals surface area contributed by atoms with Crippen LogP contribution in [0.1, 0.15) is 29.4 Å². The van der Waals surface area contributed by atoms with Crippen molar-refractivity contribution in [2.45, 2.75) is 19.8 Å². The SMILES string of the molecule is CCN1CCC(Cc2cn3cc(C=O)ccc3n2)C1. The fourth-order valence-electron chi connectivity index (χ4n) is 2.89. The number of fused-ring (bicyclic) bond motifs is 1. The van der Waals surface area contributed by atoms with Gasteiger partial charge < -0.3 is 9.30 Å². The highest BCUT2D eigenvalue weighted by molar-refractivity contribution is 5.74. The molecule has 2 aromatic heterocycles. The van der Waals surface area contributed by atoms with Gasteiger partial charge in [0.1, 0.15) is 5.65 Å². The number of carbonyl (C=O) groups is 1. The largest absolute Gasteiger partial charge is 0.306 e. The number of carbonyl (C=O) groups excluding carboxylic acids is 1. The van der Waals surface area contributed by atoms with Crippen LogP contribution >= 0.6 is 0 Å². The van der Waals surface area contributed by atoms with Crippen LogP contribution in [-0.4, -0.2) is 40.2 Å². The molecule has 3 heterocycles. The minimum atomic E-state index is 0.689. The Labute approximate surface area is 113 Å². The molecule has 4 heteroatoms. The van der Waals surface area contributed by atoms with Gasteiger partial charge >= 0.3 is 0 Å². The van der Waals surface area contributed by atoms with Crippen molar-refractivity contribution in [1.29, 1.82) is 0 Å². The number of aromatic nitrogens is 2. The number of likely N-dealkylation sites (tertiary alicyclic amines) is 1. The van der Waals surface area contributed by atoms with E-state index in [-0.39, 0.29) is 0 Å². The van der Waals surface area contributed by atoms with Gasteiger partial charge in [-0.25, -0.2) is 4.98 Å². The summed E-state index contributed by atoms with van der Waals surface area (Å²) in [6.45, 7) is 5.76. The molecular formula is C15H19N3O. The summed E-state index contributed by atoms with van der Waals surface area (Å²) >= 11 is 0. The molecule has 0 aliphatic carbocycles. The first kappa shape index (κ1) is 12.4. The zero-order valence-corrected chi connectivity index (χ0v) is 11.2. The minimum Gasteiger partial charge on any atom is -0.306 e. The number of rotatable bonds is 4. The zero-order valence-electron chi connectivity index (χ0n) is 11.2. The Bertz CT molecular complexity index is 590. The summed E-state index contributed by atoms with van der Waals surface area (Å²) in [6, 6.07) is 3.72. The monoisotopic (exact) mass is 257 g/mol. The molecule has 100 valence electrons. The summed E-state index contributed by atoms with van der Waals surface area (Å²) < 4.78 is 1.95. The topological polar surface area (TPSA) is 37.6 Å². The van der Waals surface area contributed by atoms with E-state index >= 15 is 0 Å². The summed E-state index contributed by atoms with van der Waals surface area (Å²) in [4.78, 5) is 17.9. The van der Waals surface area contributed by atoms with Gasteiger partial charge in [-0.1, -0.05) is 6.92 Å². The van der Waals surface area contributed by atoms with Crippen molar-refractivity contribution < 1.29 is 4.79 Å². The number of pyridine rings is 1. The molecule has 2 aromatic rings. The lowest BCUT2D eigenvalue weighted by Gasteiger charge is -2.11. The molecule has 3 rings (SSSR count). The highest BCUT2D eigenvalue weighted by atomic mass is 16.1. The van der Waals surface area contributed by atoms with Crippen LogP contribution in [-0.2, 0) is 6.42 Å². The normalized spacial score (nSPS) is 20.2. The van der Waals surface area contributed by atoms with Crippen LogP contribution in [0.25, 0.3) is 5.65 Å². The second-order valence-electron chi connectivity index (χ2n) is 5.33. The van der Waals surface area contributed by atoms with Gasteiger partial charge in [0.15, 0.2) is 6.29 Å². The average molecular weight is 257 g/mol. The molecule has 0 amide bonds. The Morgan fingerprint density at radius 1 is 1.42 bits per heavy atom. The van der Waals surface area contributed by atoms with Gasteiger partial charge in [-0.15, -0.1) is 0 Å². The lowest BCUT2D eigenvalue weighted by molar-refractivity contribution is 0.112. The van der Waals surface area contributed by atoms with Gasteiger partial charge in [-0.3, -0.25) is 4.79 Å². The summed E-state index contributed by atoms with van der Waals surface area (Å²) in [5.74, 6) is 0.718. The first-order valence-electron chi connectivity index (χ1n) is 6.93. The molecule has 1 atom stereocenters. The van der Waals surface area contributed by atoms with Crippen LogP contribution in [0.15, 0.2) is 24.5 Å². The Hall–Kier alpha value is -1.68. The smallest absolute Gasteiger partial charge is 0.151 e. The molecule has 0 N–H and O–H groups in total. The second-order valence-corrected chi connectivity index (χ2v) is 5.33. The van der Waals surface area contributed by atoms with Crippen molar-refractivity contribution in [3.05, 3.63) is 35.8 Å². The number of hydrogen-bond donors (Lipinski definition) is 0. The third-order valence-electron chi connectivity index (χ3n) is 3.97. The molecule has 4 nitrogen and oxygen atoms in total. The Morgan fingerprint density at radius 2 is 2.32 bits per heavy atom. The van der Waals surface area contributed by atoms with Gasteiger partial charge in [0.25, 0.3) is 0 Å². The first-order chi connectivity index (χ1) is 9.28. The van der Waals surface area contributed by atoms with E-state index in [0.717, 1.165) is 36.5 Å². The average Bonchev–Trinajstić information content (AvgIpc) is 3.03. The second kappa shape index (κ2) is 5.13. The third kappa shape index (κ3) is 2.54. The maximum absolute atomic E-state index is 10.8. The van der Waals surface area contributed by atoms with E-state index in [4.69, 9.17) is 0 Å². The van der Waals surface area contributed by atoms with Gasteiger partial charge in [0.05, 0.1) is 5.69 Å². The van der Waals surface area contributed by atoms with Crippen LogP contribution in [0.4, 0.5) is 0 Å². The number of imidazole rings is 1. The van der Waals surface area contributed by atoms with Crippen LogP contribution in [0, 0.1) is 5.92 Å². The van der Waals surface area contributed by atoms with Crippen molar-refractivity contribution in [3.63, 3.8) is 0 Å². The molecule has 0 spiro atoms. The summed E-state index contributed by atoms with van der Waals surface area (Å²) in [7, 11) is 0. The van der Waals surface area contributed by atoms with Gasteiger partial charge in [0.2, 0.25) is 0 Å². The number of nitrogens with zero attached hydrogens (tertiary/aromatic N) is 3. The Kier molecular flexibility index (Phi) is 3.34. The Balaban J connectivity index is 1.76. The first-order valence-corrected chi connectivity index (χ1v) is 6.93. The van der Waals surface area contributed by atoms with E-state index in [2.05, 4.69) is 23.0 Å². The molecule has 0 bridgehead atoms. The van der Waals surface area contributed by atoms with Crippen LogP contribution in [0.5, 0.6) is 0 Å². The van der Waals surface area contributed by atoms with E-state index in [1.165, 1.54) is 19.5 Å². The van der Waals surface area contributed by atoms with E-state index < -0.39 is 0 Å². The van der Waals surface area contributed by atoms with Crippen LogP contribution in [0.3, 0.4) is 0 Å². The predicted molar refractivity (Wildman–Crippen MR) is 74.5 cm³/mol. The minimum absolute atomic E-state index is 0.689. The van der Waals surface area contributed by atoms with Crippen LogP contribution < -0.4 is 0 Å². The fraction of sp³-hybridized carbons (Fsp3) is 0.467. The van der Waals surface area contributed by atoms with Gasteiger partial charge in [-0.2, -0.15) is 0 Å². The molecule has 1 aliphatic heterocycles. The zero-order chi connectivity index (χ0) is 13.2. The fourth-order valence-corrected chi connectivity index (χ4v) is 2.89. The maximum Gasteiger partial charge on any atom is 0.151 e. The molecule has 1 fully saturated rings. The quantitative estimate of drug-likeness (QED) is 0.787. The molecule has 1 saturated heterocycles. The van der Waals surface area contributed by atoms with Crippen molar-refractivity contribution in [2.24, 2.45) is 5.92 Å². The predicted octanol–water partition coefficient (Wildman–Crippen LogP) is 2.03. The van der Waals surface area contributed by atoms with Crippen molar-refractivity contribution in [2.75, 3.05) is 19.6 Å². The lowest BCUT2D eigenvalue weighted by Crippen LogP contribution is -2.20. The van der Waals surface area contributed by atoms with Crippen LogP contribution in [0.2, 0.25) is 0 Å². The number of aldehydes is 1. The lowest BCUT2D eigenvalue weighted by atomic mass is 10.0. The van der Waals surface area contributed by atoms with E-state index in [1.807, 2.05) is 22.7 Å². The van der Waals surface area contributed by atoms with E-state index in [0.29, 0.717) is 5.56 Å². The Morgan fingerprint density at radius 3 is 3.05 bits per heavy atom. The van der Waals surface area contributed by atoms with E-state index in [1.54, 1.807) is 0 Å². The van der Waals surface area contributed by atoms with Gasteiger partial charge in [-0.05, 0) is 44.0 Å². The molecule has 0 saturated carbocycles. The van der Waals surface area contributed by atoms with Crippen molar-refractivity contribution >= 4 is 11.9 Å². The summed E-state index contributed by atoms with van der Waals surface area (Å²) in [6.07, 6.45) is 7.06. The summed E-state index contributed by atoms with van der Waals surface area (Å²) in [5, 5.41) is 0. The molecule has 1 unspecified atom stereocenters. The highest BCUT2D eigenvalue weighted by Gasteiger charge is 2.22. The van der Waals surface area contributed by atoms with Crippen molar-refractivity contribution in [1.82, 2.24) is 14.3 Å². The standard InChI is InChI=1S/C15H19N3O/c1-2-17-6-5-12(8-17)7-14-10-18-9-13(11-19)3-4-15(18)16-14/h3-4,9-12H,2,5-8H2,1H3. The molecule has 19 heavy (non-hydrogen) atoms. The van der Waals surface area contributed by atoms with Gasteiger partial charge in [0, 0.05) is 24.5 Å². The third-order valence-corrected chi connectivity index (χ3v) is 3.97. The maximum atomic E-state index is 10.8. The molecule has 0 radical (unpaired) electrons. The van der Waals surface area contributed by atoms with Crippen molar-refractivity contribution in [3.8, 4) is 0 Å². The summed E-state index contributed by atoms with van der Waals surface area (Å²) in [5.41, 5.74) is 2.74. The molecular weight excluding hydrogens is 238 g/mol. The molecule has 1 aliphatic rings. The highest BCUT2D eigenvalue weighted by Crippen LogP contribution is 2.20. The van der Waals surface area contributed by atoms with E-state index in [9.17, 15) is 4.79 Å².